The van der Waals surface area contributed by atoms with E-state index in [1.54, 1.807) is 0 Å². The minimum atomic E-state index is -5.81. The molecule has 0 amide bonds. The summed E-state index contributed by atoms with van der Waals surface area (Å²) in [5.41, 5.74) is 0. The van der Waals surface area contributed by atoms with Crippen LogP contribution in [0.15, 0.2) is 0 Å². The molecule has 0 saturated heterocycles. The van der Waals surface area contributed by atoms with Crippen molar-refractivity contribution < 1.29 is 39.2 Å². The van der Waals surface area contributed by atoms with Crippen LogP contribution in [0.3, 0.4) is 0 Å². The van der Waals surface area contributed by atoms with E-state index in [0.717, 1.165) is 0 Å². The Labute approximate surface area is 80.1 Å². The fourth-order valence-electron chi connectivity index (χ4n) is 0.216. The van der Waals surface area contributed by atoms with Gasteiger partial charge in [0, 0.05) is 0 Å². The maximum Gasteiger partial charge on any atom is 0.328 e. The first kappa shape index (κ1) is 23.5. The molecule has 0 aromatic rings. The predicted molar refractivity (Wildman–Crippen MR) is 40.2 cm³/mol. The molecule has 0 fully saturated rings. The molecule has 0 saturated carbocycles. The van der Waals surface area contributed by atoms with Gasteiger partial charge >= 0.3 is 5.97 Å². The highest BCUT2D eigenvalue weighted by molar-refractivity contribution is 6.42. The SMILES string of the molecule is [NH4+].[NH4+].[NH4+].[O-][Si]([O-])([O-])OC(O)C(O)(O)O. The van der Waals surface area contributed by atoms with Gasteiger partial charge in [0.05, 0.1) is 0 Å². The summed E-state index contributed by atoms with van der Waals surface area (Å²) in [6.45, 7) is 0. The van der Waals surface area contributed by atoms with Gasteiger partial charge < -0.3 is 57.7 Å². The molecule has 92 valence electrons. The van der Waals surface area contributed by atoms with Crippen LogP contribution in [-0.2, 0) is 4.43 Å². The van der Waals surface area contributed by atoms with Gasteiger partial charge in [0.2, 0.25) is 6.29 Å². The summed E-state index contributed by atoms with van der Waals surface area (Å²) in [7, 11) is -5.81. The second-order valence-corrected chi connectivity index (χ2v) is 2.89. The molecule has 0 spiro atoms. The summed E-state index contributed by atoms with van der Waals surface area (Å²) in [5, 5.41) is 32.2. The average molecular weight is 239 g/mol. The first-order chi connectivity index (χ1) is 4.63. The molecule has 0 aromatic heterocycles. The molecule has 12 heteroatoms. The second kappa shape index (κ2) is 7.12. The van der Waals surface area contributed by atoms with Crippen molar-refractivity contribution in [2.24, 2.45) is 0 Å². The smallest absolute Gasteiger partial charge is 0.328 e. The molecule has 14 heavy (non-hydrogen) atoms. The molecule has 0 radical (unpaired) electrons. The van der Waals surface area contributed by atoms with Gasteiger partial charge in [-0.2, -0.15) is 0 Å². The molecule has 0 bridgehead atoms. The van der Waals surface area contributed by atoms with Crippen LogP contribution in [0.4, 0.5) is 0 Å². The monoisotopic (exact) mass is 239 g/mol. The van der Waals surface area contributed by atoms with E-state index in [2.05, 4.69) is 4.43 Å². The van der Waals surface area contributed by atoms with Gasteiger partial charge in [-0.15, -0.1) is 9.05 Å². The first-order valence-electron chi connectivity index (χ1n) is 2.27. The summed E-state index contributed by atoms with van der Waals surface area (Å²) >= 11 is 0. The highest BCUT2D eigenvalue weighted by Crippen LogP contribution is 2.02. The molecular formula is C2H17N3O8Si. The van der Waals surface area contributed by atoms with Crippen molar-refractivity contribution in [1.82, 2.24) is 18.5 Å². The van der Waals surface area contributed by atoms with E-state index in [4.69, 9.17) is 20.4 Å². The molecule has 1 unspecified atom stereocenters. The average Bonchev–Trinajstić information content (AvgIpc) is 1.56. The molecule has 0 aliphatic rings. The Morgan fingerprint density at radius 3 is 1.36 bits per heavy atom. The molecule has 0 aliphatic carbocycles. The van der Waals surface area contributed by atoms with Crippen LogP contribution in [0, 0.1) is 0 Å². The lowest BCUT2D eigenvalue weighted by Crippen LogP contribution is -2.77. The highest BCUT2D eigenvalue weighted by atomic mass is 28.4. The third kappa shape index (κ3) is 11.8. The normalized spacial score (nSPS) is 13.1. The summed E-state index contributed by atoms with van der Waals surface area (Å²) in [5.74, 6) is -3.77. The predicted octanol–water partition coefficient (Wildman–Crippen LogP) is -5.40. The molecule has 0 rings (SSSR count). The van der Waals surface area contributed by atoms with E-state index in [-0.39, 0.29) is 18.5 Å². The third-order valence-corrected chi connectivity index (χ3v) is 1.10. The fraction of sp³-hybridized carbons (Fsp3) is 1.00. The third-order valence-electron chi connectivity index (χ3n) is 0.587. The Morgan fingerprint density at radius 2 is 1.29 bits per heavy atom. The Bertz CT molecular complexity index is 132. The standard InChI is InChI=1S/C2H5O8Si.3H3N/c3-1(2(4,5)6)10-11(7,8)9;;;/h1,3-6H;3*1H3/q-3;;;/p+3. The minimum absolute atomic E-state index is 0. The molecule has 1 atom stereocenters. The van der Waals surface area contributed by atoms with Crippen molar-refractivity contribution in [3.05, 3.63) is 0 Å². The van der Waals surface area contributed by atoms with Crippen LogP contribution in [0.25, 0.3) is 0 Å². The van der Waals surface area contributed by atoms with Gasteiger partial charge in [-0.05, 0) is 0 Å². The number of quaternary nitrogens is 3. The van der Waals surface area contributed by atoms with Crippen molar-refractivity contribution in [1.29, 1.82) is 0 Å². The topological polar surface area (TPSA) is 269 Å². The minimum Gasteiger partial charge on any atom is -0.861 e. The van der Waals surface area contributed by atoms with Gasteiger partial charge in [0.15, 0.2) is 0 Å². The van der Waals surface area contributed by atoms with Crippen molar-refractivity contribution >= 4 is 9.05 Å². The van der Waals surface area contributed by atoms with Gasteiger partial charge in [0.1, 0.15) is 0 Å². The number of rotatable bonds is 3. The zero-order valence-corrected chi connectivity index (χ0v) is 9.00. The molecule has 0 heterocycles. The van der Waals surface area contributed by atoms with Crippen LogP contribution in [0.1, 0.15) is 0 Å². The lowest BCUT2D eigenvalue weighted by atomic mass is 10.5. The summed E-state index contributed by atoms with van der Waals surface area (Å²) in [6, 6.07) is 0. The maximum atomic E-state index is 9.67. The van der Waals surface area contributed by atoms with E-state index >= 15 is 0 Å². The number of hydrogen-bond acceptors (Lipinski definition) is 8. The highest BCUT2D eigenvalue weighted by Gasteiger charge is 2.30. The molecule has 11 nitrogen and oxygen atoms in total. The Hall–Kier alpha value is -0.223. The van der Waals surface area contributed by atoms with Crippen LogP contribution in [-0.4, -0.2) is 41.7 Å². The van der Waals surface area contributed by atoms with Crippen LogP contribution in [0.2, 0.25) is 0 Å². The number of aliphatic hydroxyl groups excluding tert-OH is 1. The zero-order chi connectivity index (χ0) is 9.28. The van der Waals surface area contributed by atoms with E-state index in [1.807, 2.05) is 0 Å². The van der Waals surface area contributed by atoms with Crippen molar-refractivity contribution in [2.75, 3.05) is 0 Å². The second-order valence-electron chi connectivity index (χ2n) is 1.66. The Balaban J connectivity index is -0.000000167. The Morgan fingerprint density at radius 1 is 1.00 bits per heavy atom. The number of hydrogen-bond donors (Lipinski definition) is 7. The molecule has 0 aliphatic heterocycles. The van der Waals surface area contributed by atoms with E-state index in [0.29, 0.717) is 0 Å². The van der Waals surface area contributed by atoms with Crippen LogP contribution in [0.5, 0.6) is 0 Å². The van der Waals surface area contributed by atoms with Gasteiger partial charge in [0.25, 0.3) is 0 Å². The summed E-state index contributed by atoms with van der Waals surface area (Å²) in [6.07, 6.45) is -2.90. The van der Waals surface area contributed by atoms with Crippen molar-refractivity contribution in [2.45, 2.75) is 12.3 Å². The molecule has 0 aromatic carbocycles. The van der Waals surface area contributed by atoms with Crippen LogP contribution < -0.4 is 32.8 Å². The fourth-order valence-corrected chi connectivity index (χ4v) is 0.647. The zero-order valence-electron chi connectivity index (χ0n) is 8.00. The van der Waals surface area contributed by atoms with E-state index < -0.39 is 21.3 Å². The van der Waals surface area contributed by atoms with E-state index in [1.165, 1.54) is 0 Å². The number of aliphatic hydroxyl groups is 4. The van der Waals surface area contributed by atoms with Crippen molar-refractivity contribution in [3.8, 4) is 0 Å². The van der Waals surface area contributed by atoms with Crippen molar-refractivity contribution in [3.63, 3.8) is 0 Å². The maximum absolute atomic E-state index is 9.67. The van der Waals surface area contributed by atoms with Crippen LogP contribution >= 0.6 is 0 Å². The molecular weight excluding hydrogens is 222 g/mol. The quantitative estimate of drug-likeness (QED) is 0.184. The Kier molecular flexibility index (Phi) is 12.0. The summed E-state index contributed by atoms with van der Waals surface area (Å²) in [4.78, 5) is 29.0. The largest absolute Gasteiger partial charge is 0.861 e. The van der Waals surface area contributed by atoms with Gasteiger partial charge in [-0.25, -0.2) is 0 Å². The lowest BCUT2D eigenvalue weighted by Gasteiger charge is -2.55. The van der Waals surface area contributed by atoms with E-state index in [9.17, 15) is 14.4 Å². The molecule has 16 N–H and O–H groups in total. The van der Waals surface area contributed by atoms with Gasteiger partial charge in [-0.3, -0.25) is 0 Å². The van der Waals surface area contributed by atoms with Gasteiger partial charge in [-0.1, -0.05) is 0 Å². The lowest BCUT2D eigenvalue weighted by molar-refractivity contribution is -0.558. The summed E-state index contributed by atoms with van der Waals surface area (Å²) < 4.78 is 3.08. The first-order valence-corrected chi connectivity index (χ1v) is 3.90.